The van der Waals surface area contributed by atoms with Crippen molar-refractivity contribution in [1.82, 2.24) is 10.2 Å². The van der Waals surface area contributed by atoms with Crippen molar-refractivity contribution in [3.8, 4) is 11.1 Å². The summed E-state index contributed by atoms with van der Waals surface area (Å²) in [6, 6.07) is 6.70. The minimum atomic E-state index is -3.27. The van der Waals surface area contributed by atoms with Gasteiger partial charge in [0.2, 0.25) is 0 Å². The van der Waals surface area contributed by atoms with Gasteiger partial charge in [0.05, 0.1) is 11.1 Å². The van der Waals surface area contributed by atoms with Crippen molar-refractivity contribution >= 4 is 15.7 Å². The monoisotopic (exact) mass is 237 g/mol. The quantitative estimate of drug-likeness (QED) is 0.817. The summed E-state index contributed by atoms with van der Waals surface area (Å²) in [5.41, 5.74) is 6.84. The zero-order chi connectivity index (χ0) is 11.8. The van der Waals surface area contributed by atoms with E-state index in [4.69, 9.17) is 5.73 Å². The Morgan fingerprint density at radius 3 is 2.50 bits per heavy atom. The molecule has 0 atom stereocenters. The Morgan fingerprint density at radius 2 is 1.94 bits per heavy atom. The molecule has 3 N–H and O–H groups in total. The molecule has 0 amide bonds. The van der Waals surface area contributed by atoms with Crippen molar-refractivity contribution in [2.75, 3.05) is 12.0 Å². The number of anilines is 1. The van der Waals surface area contributed by atoms with Crippen LogP contribution in [-0.4, -0.2) is 24.9 Å². The molecule has 1 aromatic heterocycles. The molecule has 2 rings (SSSR count). The molecule has 1 heterocycles. The third-order valence-electron chi connectivity index (χ3n) is 2.25. The van der Waals surface area contributed by atoms with E-state index in [1.807, 2.05) is 0 Å². The highest BCUT2D eigenvalue weighted by Gasteiger charge is 2.16. The third-order valence-corrected chi connectivity index (χ3v) is 3.40. The summed E-state index contributed by atoms with van der Waals surface area (Å²) in [6.45, 7) is 0. The molecule has 0 bridgehead atoms. The van der Waals surface area contributed by atoms with E-state index >= 15 is 0 Å². The number of sulfone groups is 1. The summed E-state index contributed by atoms with van der Waals surface area (Å²) in [5.74, 6) is 0.358. The Bertz CT molecular complexity index is 616. The number of H-pyrrole nitrogens is 1. The summed E-state index contributed by atoms with van der Waals surface area (Å²) in [5, 5.41) is 6.36. The topological polar surface area (TPSA) is 88.8 Å². The first-order valence-corrected chi connectivity index (χ1v) is 6.47. The first kappa shape index (κ1) is 10.7. The molecule has 16 heavy (non-hydrogen) atoms. The van der Waals surface area contributed by atoms with Crippen LogP contribution in [0.5, 0.6) is 0 Å². The fourth-order valence-electron chi connectivity index (χ4n) is 1.52. The smallest absolute Gasteiger partial charge is 0.176 e. The Kier molecular flexibility index (Phi) is 2.43. The lowest BCUT2D eigenvalue weighted by Gasteiger charge is -2.06. The largest absolute Gasteiger partial charge is 0.384 e. The van der Waals surface area contributed by atoms with E-state index in [1.165, 1.54) is 12.5 Å². The Balaban J connectivity index is 2.72. The molecule has 5 nitrogen and oxygen atoms in total. The Morgan fingerprint density at radius 1 is 1.25 bits per heavy atom. The van der Waals surface area contributed by atoms with Gasteiger partial charge >= 0.3 is 0 Å². The van der Waals surface area contributed by atoms with Crippen LogP contribution in [0.15, 0.2) is 35.4 Å². The molecule has 0 aliphatic carbocycles. The van der Waals surface area contributed by atoms with E-state index < -0.39 is 9.84 Å². The van der Waals surface area contributed by atoms with Gasteiger partial charge in [0, 0.05) is 17.4 Å². The van der Waals surface area contributed by atoms with Crippen LogP contribution in [0, 0.1) is 0 Å². The van der Waals surface area contributed by atoms with Crippen molar-refractivity contribution in [1.29, 1.82) is 0 Å². The van der Waals surface area contributed by atoms with Gasteiger partial charge < -0.3 is 5.73 Å². The van der Waals surface area contributed by atoms with Gasteiger partial charge in [-0.05, 0) is 6.07 Å². The molecule has 6 heteroatoms. The average Bonchev–Trinajstić information content (AvgIpc) is 2.63. The molecule has 0 saturated heterocycles. The number of nitrogens with two attached hydrogens (primary N) is 1. The minimum Gasteiger partial charge on any atom is -0.384 e. The highest BCUT2D eigenvalue weighted by molar-refractivity contribution is 7.90. The molecular weight excluding hydrogens is 226 g/mol. The molecule has 0 aliphatic rings. The van der Waals surface area contributed by atoms with Gasteiger partial charge in [-0.3, -0.25) is 5.10 Å². The molecule has 0 spiro atoms. The van der Waals surface area contributed by atoms with Crippen LogP contribution in [0.1, 0.15) is 0 Å². The first-order chi connectivity index (χ1) is 7.50. The molecular formula is C10H11N3O2S. The predicted molar refractivity (Wildman–Crippen MR) is 61.5 cm³/mol. The summed E-state index contributed by atoms with van der Waals surface area (Å²) < 4.78 is 23.2. The van der Waals surface area contributed by atoms with Crippen molar-refractivity contribution in [2.45, 2.75) is 4.90 Å². The van der Waals surface area contributed by atoms with Crippen LogP contribution in [0.25, 0.3) is 11.1 Å². The third kappa shape index (κ3) is 1.79. The second-order valence-corrected chi connectivity index (χ2v) is 5.45. The predicted octanol–water partition coefficient (Wildman–Crippen LogP) is 1.06. The van der Waals surface area contributed by atoms with Crippen molar-refractivity contribution in [3.05, 3.63) is 30.5 Å². The number of aromatic nitrogens is 2. The second-order valence-electron chi connectivity index (χ2n) is 3.47. The highest BCUT2D eigenvalue weighted by Crippen LogP contribution is 2.29. The molecule has 0 aliphatic heterocycles. The van der Waals surface area contributed by atoms with Crippen molar-refractivity contribution in [3.63, 3.8) is 0 Å². The maximum Gasteiger partial charge on any atom is 0.176 e. The number of nitrogen functional groups attached to an aromatic ring is 1. The number of benzene rings is 1. The average molecular weight is 237 g/mol. The number of nitrogens with zero attached hydrogens (tertiary/aromatic N) is 1. The standard InChI is InChI=1S/C10H11N3O2S/c1-16(14,15)9-5-3-2-4-7(9)8-6-12-13-10(8)11/h2-6H,1H3,(H3,11,12,13). The molecule has 0 radical (unpaired) electrons. The molecule has 0 unspecified atom stereocenters. The molecule has 0 saturated carbocycles. The Labute approximate surface area is 93.2 Å². The number of rotatable bonds is 2. The minimum absolute atomic E-state index is 0.253. The number of hydrogen-bond acceptors (Lipinski definition) is 4. The van der Waals surface area contributed by atoms with E-state index in [1.54, 1.807) is 24.3 Å². The van der Waals surface area contributed by atoms with E-state index in [0.717, 1.165) is 0 Å². The second kappa shape index (κ2) is 3.64. The lowest BCUT2D eigenvalue weighted by molar-refractivity contribution is 0.602. The maximum absolute atomic E-state index is 11.6. The van der Waals surface area contributed by atoms with E-state index in [2.05, 4.69) is 10.2 Å². The van der Waals surface area contributed by atoms with Crippen LogP contribution in [0.3, 0.4) is 0 Å². The fourth-order valence-corrected chi connectivity index (χ4v) is 2.43. The zero-order valence-corrected chi connectivity index (χ0v) is 9.45. The van der Waals surface area contributed by atoms with Crippen LogP contribution < -0.4 is 5.73 Å². The van der Waals surface area contributed by atoms with E-state index in [0.29, 0.717) is 16.9 Å². The lowest BCUT2D eigenvalue weighted by Crippen LogP contribution is -2.00. The molecule has 1 aromatic carbocycles. The van der Waals surface area contributed by atoms with Gasteiger partial charge in [0.1, 0.15) is 5.82 Å². The molecule has 0 fully saturated rings. The summed E-state index contributed by atoms with van der Waals surface area (Å²) in [7, 11) is -3.27. The van der Waals surface area contributed by atoms with Crippen LogP contribution in [0.2, 0.25) is 0 Å². The molecule has 2 aromatic rings. The number of hydrogen-bond donors (Lipinski definition) is 2. The van der Waals surface area contributed by atoms with Gasteiger partial charge in [0.15, 0.2) is 9.84 Å². The van der Waals surface area contributed by atoms with Crippen molar-refractivity contribution < 1.29 is 8.42 Å². The van der Waals surface area contributed by atoms with Crippen LogP contribution in [-0.2, 0) is 9.84 Å². The van der Waals surface area contributed by atoms with Crippen LogP contribution >= 0.6 is 0 Å². The first-order valence-electron chi connectivity index (χ1n) is 4.58. The summed E-state index contributed by atoms with van der Waals surface area (Å²) in [4.78, 5) is 0.253. The maximum atomic E-state index is 11.6. The van der Waals surface area contributed by atoms with Gasteiger partial charge in [-0.2, -0.15) is 5.10 Å². The zero-order valence-electron chi connectivity index (χ0n) is 8.64. The normalized spacial score (nSPS) is 11.6. The van der Waals surface area contributed by atoms with Crippen LogP contribution in [0.4, 0.5) is 5.82 Å². The highest BCUT2D eigenvalue weighted by atomic mass is 32.2. The van der Waals surface area contributed by atoms with Gasteiger partial charge in [-0.15, -0.1) is 0 Å². The summed E-state index contributed by atoms with van der Waals surface area (Å²) >= 11 is 0. The van der Waals surface area contributed by atoms with Crippen molar-refractivity contribution in [2.24, 2.45) is 0 Å². The molecule has 84 valence electrons. The number of nitrogens with one attached hydrogen (secondary N) is 1. The number of aromatic amines is 1. The summed E-state index contributed by atoms with van der Waals surface area (Å²) in [6.07, 6.45) is 2.68. The lowest BCUT2D eigenvalue weighted by atomic mass is 10.1. The van der Waals surface area contributed by atoms with Gasteiger partial charge in [0.25, 0.3) is 0 Å². The van der Waals surface area contributed by atoms with E-state index in [-0.39, 0.29) is 4.90 Å². The van der Waals surface area contributed by atoms with Gasteiger partial charge in [-0.1, -0.05) is 18.2 Å². The van der Waals surface area contributed by atoms with E-state index in [9.17, 15) is 8.42 Å². The Hall–Kier alpha value is -1.82. The van der Waals surface area contributed by atoms with Gasteiger partial charge in [-0.25, -0.2) is 8.42 Å². The fraction of sp³-hybridized carbons (Fsp3) is 0.100. The SMILES string of the molecule is CS(=O)(=O)c1ccccc1-c1cn[nH]c1N.